The molecule has 1 aromatic rings. The largest absolute Gasteiger partial charge is 0.444 e. The highest BCUT2D eigenvalue weighted by molar-refractivity contribution is 6.31. The second-order valence-electron chi connectivity index (χ2n) is 5.64. The average Bonchev–Trinajstić information content (AvgIpc) is 2.32. The molecule has 7 heteroatoms. The molecule has 0 aromatic heterocycles. The zero-order valence-corrected chi connectivity index (χ0v) is 12.9. The first-order valence-corrected chi connectivity index (χ1v) is 6.83. The molecule has 0 spiro atoms. The fraction of sp³-hybridized carbons (Fsp3) is 0.500. The molecule has 0 radical (unpaired) electrons. The fourth-order valence-electron chi connectivity index (χ4n) is 1.65. The van der Waals surface area contributed by atoms with Gasteiger partial charge in [0.1, 0.15) is 5.60 Å². The summed E-state index contributed by atoms with van der Waals surface area (Å²) >= 11 is 5.85. The summed E-state index contributed by atoms with van der Waals surface area (Å²) in [5, 5.41) is 2.65. The zero-order chi connectivity index (χ0) is 16.2. The van der Waals surface area contributed by atoms with Crippen molar-refractivity contribution in [2.45, 2.75) is 38.8 Å². The zero-order valence-electron chi connectivity index (χ0n) is 12.2. The molecule has 0 heterocycles. The van der Waals surface area contributed by atoms with Gasteiger partial charge in [0.15, 0.2) is 11.6 Å². The van der Waals surface area contributed by atoms with Crippen LogP contribution in [0.2, 0.25) is 5.02 Å². The molecule has 118 valence electrons. The van der Waals surface area contributed by atoms with Crippen molar-refractivity contribution >= 4 is 17.7 Å². The molecule has 4 nitrogen and oxygen atoms in total. The lowest BCUT2D eigenvalue weighted by Crippen LogP contribution is -2.44. The maximum absolute atomic E-state index is 13.2. The number of benzene rings is 1. The SMILES string of the molecule is CC(C)(C)OC(=O)NC(CN)Cc1cc(F)c(F)cc1Cl. The van der Waals surface area contributed by atoms with Gasteiger partial charge in [0.05, 0.1) is 0 Å². The van der Waals surface area contributed by atoms with E-state index in [0.29, 0.717) is 5.56 Å². The number of nitrogens with two attached hydrogens (primary N) is 1. The van der Waals surface area contributed by atoms with Gasteiger partial charge < -0.3 is 15.8 Å². The number of carbonyl (C=O) groups is 1. The summed E-state index contributed by atoms with van der Waals surface area (Å²) in [6.45, 7) is 5.30. The van der Waals surface area contributed by atoms with Crippen molar-refractivity contribution in [2.75, 3.05) is 6.54 Å². The molecule has 21 heavy (non-hydrogen) atoms. The van der Waals surface area contributed by atoms with Gasteiger partial charge in [0.2, 0.25) is 0 Å². The third kappa shape index (κ3) is 5.85. The second-order valence-corrected chi connectivity index (χ2v) is 6.05. The van der Waals surface area contributed by atoms with Crippen LogP contribution in [0.4, 0.5) is 13.6 Å². The molecule has 1 atom stereocenters. The summed E-state index contributed by atoms with van der Waals surface area (Å²) in [5.41, 5.74) is 5.30. The Balaban J connectivity index is 2.75. The van der Waals surface area contributed by atoms with Crippen LogP contribution in [0.15, 0.2) is 12.1 Å². The van der Waals surface area contributed by atoms with Crippen molar-refractivity contribution in [3.05, 3.63) is 34.4 Å². The molecule has 0 aliphatic heterocycles. The van der Waals surface area contributed by atoms with Crippen molar-refractivity contribution in [3.8, 4) is 0 Å². The predicted octanol–water partition coefficient (Wildman–Crippen LogP) is 3.01. The van der Waals surface area contributed by atoms with Crippen LogP contribution in [0, 0.1) is 11.6 Å². The Labute approximate surface area is 127 Å². The normalized spacial score (nSPS) is 12.9. The third-order valence-electron chi connectivity index (χ3n) is 2.56. The van der Waals surface area contributed by atoms with Crippen LogP contribution in [0.3, 0.4) is 0 Å². The lowest BCUT2D eigenvalue weighted by molar-refractivity contribution is 0.0506. The predicted molar refractivity (Wildman–Crippen MR) is 77.3 cm³/mol. The maximum Gasteiger partial charge on any atom is 0.407 e. The van der Waals surface area contributed by atoms with Gasteiger partial charge in [-0.2, -0.15) is 0 Å². The minimum absolute atomic E-state index is 0.0818. The minimum Gasteiger partial charge on any atom is -0.444 e. The summed E-state index contributed by atoms with van der Waals surface area (Å²) in [4.78, 5) is 11.7. The summed E-state index contributed by atoms with van der Waals surface area (Å²) in [7, 11) is 0. The van der Waals surface area contributed by atoms with E-state index >= 15 is 0 Å². The monoisotopic (exact) mass is 320 g/mol. The Morgan fingerprint density at radius 1 is 1.38 bits per heavy atom. The molecule has 1 unspecified atom stereocenters. The average molecular weight is 321 g/mol. The Morgan fingerprint density at radius 3 is 2.48 bits per heavy atom. The first-order chi connectivity index (χ1) is 9.62. The lowest BCUT2D eigenvalue weighted by atomic mass is 10.1. The number of ether oxygens (including phenoxy) is 1. The molecular formula is C14H19ClF2N2O2. The van der Waals surface area contributed by atoms with Crippen LogP contribution >= 0.6 is 11.6 Å². The van der Waals surface area contributed by atoms with Gasteiger partial charge in [-0.1, -0.05) is 11.6 Å². The van der Waals surface area contributed by atoms with E-state index in [-0.39, 0.29) is 18.0 Å². The van der Waals surface area contributed by atoms with E-state index in [9.17, 15) is 13.6 Å². The molecule has 1 amide bonds. The van der Waals surface area contributed by atoms with Crippen molar-refractivity contribution in [3.63, 3.8) is 0 Å². The topological polar surface area (TPSA) is 64.3 Å². The van der Waals surface area contributed by atoms with E-state index in [1.165, 1.54) is 0 Å². The van der Waals surface area contributed by atoms with Crippen LogP contribution in [-0.2, 0) is 11.2 Å². The molecule has 0 fully saturated rings. The van der Waals surface area contributed by atoms with Gasteiger partial charge in [0.25, 0.3) is 0 Å². The molecule has 0 aliphatic rings. The fourth-order valence-corrected chi connectivity index (χ4v) is 1.88. The minimum atomic E-state index is -1.02. The Kier molecular flexibility index (Phi) is 5.92. The molecular weight excluding hydrogens is 302 g/mol. The maximum atomic E-state index is 13.2. The molecule has 0 aliphatic carbocycles. The van der Waals surface area contributed by atoms with Gasteiger partial charge in [-0.05, 0) is 44.9 Å². The lowest BCUT2D eigenvalue weighted by Gasteiger charge is -2.23. The van der Waals surface area contributed by atoms with Gasteiger partial charge >= 0.3 is 6.09 Å². The van der Waals surface area contributed by atoms with E-state index in [1.807, 2.05) is 0 Å². The molecule has 0 bridgehead atoms. The van der Waals surface area contributed by atoms with Gasteiger partial charge in [-0.25, -0.2) is 13.6 Å². The number of hydrogen-bond acceptors (Lipinski definition) is 3. The standard InChI is InChI=1S/C14H19ClF2N2O2/c1-14(2,3)21-13(20)19-9(7-18)4-8-5-11(16)12(17)6-10(8)15/h5-6,9H,4,7,18H2,1-3H3,(H,19,20). The van der Waals surface area contributed by atoms with Gasteiger partial charge in [-0.15, -0.1) is 0 Å². The quantitative estimate of drug-likeness (QED) is 0.838. The van der Waals surface area contributed by atoms with Crippen LogP contribution in [0.25, 0.3) is 0 Å². The highest BCUT2D eigenvalue weighted by atomic mass is 35.5. The summed E-state index contributed by atoms with van der Waals surface area (Å²) < 4.78 is 31.3. The van der Waals surface area contributed by atoms with E-state index in [1.54, 1.807) is 20.8 Å². The van der Waals surface area contributed by atoms with Crippen LogP contribution in [-0.4, -0.2) is 24.3 Å². The number of nitrogens with one attached hydrogen (secondary N) is 1. The number of carbonyl (C=O) groups excluding carboxylic acids is 1. The Bertz CT molecular complexity index is 518. The number of alkyl carbamates (subject to hydrolysis) is 1. The third-order valence-corrected chi connectivity index (χ3v) is 2.91. The van der Waals surface area contributed by atoms with Crippen molar-refractivity contribution in [1.82, 2.24) is 5.32 Å². The number of amides is 1. The Hall–Kier alpha value is -1.40. The van der Waals surface area contributed by atoms with Crippen LogP contribution < -0.4 is 11.1 Å². The smallest absolute Gasteiger partial charge is 0.407 e. The van der Waals surface area contributed by atoms with E-state index in [4.69, 9.17) is 22.1 Å². The molecule has 3 N–H and O–H groups in total. The van der Waals surface area contributed by atoms with Crippen molar-refractivity contribution < 1.29 is 18.3 Å². The van der Waals surface area contributed by atoms with Crippen LogP contribution in [0.1, 0.15) is 26.3 Å². The van der Waals surface area contributed by atoms with E-state index < -0.39 is 29.4 Å². The highest BCUT2D eigenvalue weighted by Crippen LogP contribution is 2.21. The van der Waals surface area contributed by atoms with Crippen molar-refractivity contribution in [2.24, 2.45) is 5.73 Å². The number of hydrogen-bond donors (Lipinski definition) is 2. The van der Waals surface area contributed by atoms with Crippen LogP contribution in [0.5, 0.6) is 0 Å². The van der Waals surface area contributed by atoms with E-state index in [2.05, 4.69) is 5.32 Å². The van der Waals surface area contributed by atoms with Crippen molar-refractivity contribution in [1.29, 1.82) is 0 Å². The molecule has 1 rings (SSSR count). The molecule has 0 saturated carbocycles. The number of halogens is 3. The highest BCUT2D eigenvalue weighted by Gasteiger charge is 2.20. The number of rotatable bonds is 4. The van der Waals surface area contributed by atoms with Gasteiger partial charge in [-0.3, -0.25) is 0 Å². The van der Waals surface area contributed by atoms with Gasteiger partial charge in [0, 0.05) is 17.6 Å². The first-order valence-electron chi connectivity index (χ1n) is 6.45. The summed E-state index contributed by atoms with van der Waals surface area (Å²) in [6.07, 6.45) is -0.456. The second kappa shape index (κ2) is 7.04. The Morgan fingerprint density at radius 2 is 1.95 bits per heavy atom. The first kappa shape index (κ1) is 17.7. The summed E-state index contributed by atoms with van der Waals surface area (Å²) in [6, 6.07) is 1.40. The molecule has 1 aromatic carbocycles. The molecule has 0 saturated heterocycles. The summed E-state index contributed by atoms with van der Waals surface area (Å²) in [5.74, 6) is -2.02. The van der Waals surface area contributed by atoms with E-state index in [0.717, 1.165) is 12.1 Å².